The van der Waals surface area contributed by atoms with Crippen LogP contribution in [0.4, 0.5) is 0 Å². The highest BCUT2D eigenvalue weighted by Gasteiger charge is 2.19. The molecule has 7 heteroatoms. The molecule has 2 aromatic heterocycles. The van der Waals surface area contributed by atoms with Crippen LogP contribution in [0, 0.1) is 5.92 Å². The molecule has 154 valence electrons. The summed E-state index contributed by atoms with van der Waals surface area (Å²) in [6.07, 6.45) is 3.20. The van der Waals surface area contributed by atoms with Crippen LogP contribution in [-0.4, -0.2) is 25.2 Å². The second-order valence-electron chi connectivity index (χ2n) is 8.11. The van der Waals surface area contributed by atoms with E-state index >= 15 is 0 Å². The lowest BCUT2D eigenvalue weighted by molar-refractivity contribution is -0.122. The van der Waals surface area contributed by atoms with Gasteiger partial charge in [-0.3, -0.25) is 18.8 Å². The van der Waals surface area contributed by atoms with E-state index < -0.39 is 0 Å². The molecule has 1 N–H and O–H groups in total. The second-order valence-corrected chi connectivity index (χ2v) is 8.11. The van der Waals surface area contributed by atoms with Crippen molar-refractivity contribution in [3.63, 3.8) is 0 Å². The molecule has 0 radical (unpaired) electrons. The fourth-order valence-electron chi connectivity index (χ4n) is 3.42. The van der Waals surface area contributed by atoms with Gasteiger partial charge in [-0.1, -0.05) is 52.0 Å². The molecule has 1 amide bonds. The van der Waals surface area contributed by atoms with Gasteiger partial charge in [0.05, 0.1) is 18.6 Å². The maximum atomic E-state index is 12.6. The number of fused-ring (bicyclic) bond motifs is 1. The lowest BCUT2D eigenvalue weighted by Gasteiger charge is -2.23. The minimum atomic E-state index is -0.180. The van der Waals surface area contributed by atoms with Gasteiger partial charge in [0.15, 0.2) is 5.65 Å². The smallest absolute Gasteiger partial charge is 0.264 e. The Balaban J connectivity index is 1.68. The van der Waals surface area contributed by atoms with Crippen molar-refractivity contribution in [3.05, 3.63) is 58.3 Å². The van der Waals surface area contributed by atoms with Crippen LogP contribution in [0.1, 0.15) is 57.2 Å². The summed E-state index contributed by atoms with van der Waals surface area (Å²) < 4.78 is 3.02. The Bertz CT molecular complexity index is 1050. The van der Waals surface area contributed by atoms with Gasteiger partial charge in [-0.05, 0) is 23.0 Å². The first-order chi connectivity index (χ1) is 13.8. The second kappa shape index (κ2) is 8.59. The predicted octanol–water partition coefficient (Wildman–Crippen LogP) is 3.16. The van der Waals surface area contributed by atoms with Crippen molar-refractivity contribution in [2.45, 2.75) is 52.6 Å². The van der Waals surface area contributed by atoms with Crippen molar-refractivity contribution in [2.75, 3.05) is 0 Å². The molecule has 1 aromatic carbocycles. The summed E-state index contributed by atoms with van der Waals surface area (Å²) in [5, 5.41) is 7.64. The van der Waals surface area contributed by atoms with Crippen LogP contribution in [0.3, 0.4) is 0 Å². The monoisotopic (exact) mass is 395 g/mol. The molecular weight excluding hydrogens is 366 g/mol. The molecule has 0 saturated carbocycles. The largest absolute Gasteiger partial charge is 0.349 e. The fourth-order valence-corrected chi connectivity index (χ4v) is 3.42. The zero-order chi connectivity index (χ0) is 21.1. The molecular formula is C22H29N5O2. The number of aromatic nitrogens is 4. The lowest BCUT2D eigenvalue weighted by atomic mass is 9.93. The normalized spacial score (nSPS) is 12.7. The van der Waals surface area contributed by atoms with Gasteiger partial charge < -0.3 is 5.32 Å². The molecule has 1 atom stereocenters. The Morgan fingerprint density at radius 3 is 2.38 bits per heavy atom. The van der Waals surface area contributed by atoms with Crippen LogP contribution in [0.2, 0.25) is 0 Å². The third kappa shape index (κ3) is 4.55. The maximum Gasteiger partial charge on any atom is 0.264 e. The number of benzene rings is 1. The minimum absolute atomic E-state index is 0.0700. The summed E-state index contributed by atoms with van der Waals surface area (Å²) in [5.41, 5.74) is 2.73. The summed E-state index contributed by atoms with van der Waals surface area (Å²) in [5.74, 6) is 0.634. The van der Waals surface area contributed by atoms with Gasteiger partial charge in [0.2, 0.25) is 5.91 Å². The van der Waals surface area contributed by atoms with Crippen LogP contribution in [0.15, 0.2) is 41.6 Å². The van der Waals surface area contributed by atoms with Crippen molar-refractivity contribution in [1.82, 2.24) is 24.6 Å². The van der Waals surface area contributed by atoms with Crippen LogP contribution in [0.5, 0.6) is 0 Å². The molecule has 0 saturated heterocycles. The number of rotatable bonds is 7. The first-order valence-corrected chi connectivity index (χ1v) is 10.0. The van der Waals surface area contributed by atoms with Gasteiger partial charge in [-0.25, -0.2) is 4.98 Å². The highest BCUT2D eigenvalue weighted by Crippen LogP contribution is 2.24. The maximum absolute atomic E-state index is 12.6. The molecule has 29 heavy (non-hydrogen) atoms. The van der Waals surface area contributed by atoms with E-state index in [2.05, 4.69) is 67.4 Å². The molecule has 0 spiro atoms. The van der Waals surface area contributed by atoms with E-state index in [4.69, 9.17) is 0 Å². The van der Waals surface area contributed by atoms with E-state index in [1.54, 1.807) is 11.7 Å². The predicted molar refractivity (Wildman–Crippen MR) is 114 cm³/mol. The van der Waals surface area contributed by atoms with Gasteiger partial charge in [0.1, 0.15) is 5.39 Å². The zero-order valence-corrected chi connectivity index (χ0v) is 17.7. The molecule has 7 nitrogen and oxygen atoms in total. The van der Waals surface area contributed by atoms with Crippen molar-refractivity contribution in [3.8, 4) is 0 Å². The number of hydrogen-bond donors (Lipinski definition) is 1. The van der Waals surface area contributed by atoms with Gasteiger partial charge in [0.25, 0.3) is 5.56 Å². The zero-order valence-electron chi connectivity index (χ0n) is 17.7. The summed E-state index contributed by atoms with van der Waals surface area (Å²) in [7, 11) is 1.74. The van der Waals surface area contributed by atoms with Crippen molar-refractivity contribution in [2.24, 2.45) is 13.0 Å². The Kier molecular flexibility index (Phi) is 6.15. The number of hydrogen-bond acceptors (Lipinski definition) is 4. The molecule has 0 unspecified atom stereocenters. The minimum Gasteiger partial charge on any atom is -0.349 e. The Morgan fingerprint density at radius 2 is 1.76 bits per heavy atom. The van der Waals surface area contributed by atoms with Crippen LogP contribution in [-0.2, 0) is 18.4 Å². The number of carbonyl (C=O) groups is 1. The molecule has 0 aliphatic carbocycles. The van der Waals surface area contributed by atoms with Crippen molar-refractivity contribution < 1.29 is 4.79 Å². The summed E-state index contributed by atoms with van der Waals surface area (Å²) in [6.45, 7) is 8.78. The molecule has 3 aromatic rings. The average Bonchev–Trinajstić information content (AvgIpc) is 3.07. The lowest BCUT2D eigenvalue weighted by Crippen LogP contribution is -2.33. The van der Waals surface area contributed by atoms with E-state index in [1.165, 1.54) is 22.7 Å². The van der Waals surface area contributed by atoms with E-state index in [-0.39, 0.29) is 36.4 Å². The number of carbonyl (C=O) groups excluding carboxylic acids is 1. The molecule has 0 fully saturated rings. The van der Waals surface area contributed by atoms with Gasteiger partial charge in [-0.2, -0.15) is 5.10 Å². The third-order valence-electron chi connectivity index (χ3n) is 5.24. The summed E-state index contributed by atoms with van der Waals surface area (Å²) in [6, 6.07) is 8.35. The van der Waals surface area contributed by atoms with Crippen LogP contribution < -0.4 is 10.9 Å². The SMILES string of the molecule is CC(C)c1ccc([C@@H](NC(=O)CCn2cnc3c(cnn3C)c2=O)C(C)C)cc1. The van der Waals surface area contributed by atoms with E-state index in [0.29, 0.717) is 17.0 Å². The highest BCUT2D eigenvalue weighted by molar-refractivity contribution is 5.76. The van der Waals surface area contributed by atoms with E-state index in [0.717, 1.165) is 5.56 Å². The average molecular weight is 396 g/mol. The van der Waals surface area contributed by atoms with E-state index in [1.807, 2.05) is 0 Å². The highest BCUT2D eigenvalue weighted by atomic mass is 16.2. The Morgan fingerprint density at radius 1 is 1.10 bits per heavy atom. The number of aryl methyl sites for hydroxylation is 2. The van der Waals surface area contributed by atoms with E-state index in [9.17, 15) is 9.59 Å². The quantitative estimate of drug-likeness (QED) is 0.666. The fraction of sp³-hybridized carbons (Fsp3) is 0.455. The Labute approximate surface area is 170 Å². The molecule has 2 heterocycles. The topological polar surface area (TPSA) is 81.8 Å². The summed E-state index contributed by atoms with van der Waals surface area (Å²) in [4.78, 5) is 29.4. The van der Waals surface area contributed by atoms with Crippen LogP contribution in [0.25, 0.3) is 11.0 Å². The Hall–Kier alpha value is -2.96. The molecule has 0 bridgehead atoms. The number of amides is 1. The third-order valence-corrected chi connectivity index (χ3v) is 5.24. The standard InChI is InChI=1S/C22H29N5O2/c1-14(2)16-6-8-17(9-7-16)20(15(3)4)25-19(28)10-11-27-13-23-21-18(22(27)29)12-24-26(21)5/h6-9,12-15,20H,10-11H2,1-5H3,(H,25,28)/t20-/m0/s1. The first kappa shape index (κ1) is 20.8. The summed E-state index contributed by atoms with van der Waals surface area (Å²) >= 11 is 0. The van der Waals surface area contributed by atoms with Crippen molar-refractivity contribution in [1.29, 1.82) is 0 Å². The van der Waals surface area contributed by atoms with Gasteiger partial charge >= 0.3 is 0 Å². The molecule has 0 aliphatic heterocycles. The van der Waals surface area contributed by atoms with Crippen molar-refractivity contribution >= 4 is 16.9 Å². The molecule has 0 aliphatic rings. The molecule has 3 rings (SSSR count). The van der Waals surface area contributed by atoms with Gasteiger partial charge in [-0.15, -0.1) is 0 Å². The number of nitrogens with zero attached hydrogens (tertiary/aromatic N) is 4. The van der Waals surface area contributed by atoms with Gasteiger partial charge in [0, 0.05) is 20.0 Å². The first-order valence-electron chi connectivity index (χ1n) is 10.0. The number of nitrogens with one attached hydrogen (secondary N) is 1. The van der Waals surface area contributed by atoms with Crippen LogP contribution >= 0.6 is 0 Å².